The molecule has 1 amide bonds. The molecule has 49 heavy (non-hydrogen) atoms. The molecule has 0 aliphatic carbocycles. The molecule has 5 rings (SSSR count). The second kappa shape index (κ2) is 14.3. The van der Waals surface area contributed by atoms with Gasteiger partial charge in [0.25, 0.3) is 11.5 Å². The maximum atomic E-state index is 14.0. The number of ether oxygens (including phenoxy) is 2. The number of esters is 1. The molecule has 11 heteroatoms. The fourth-order valence-electron chi connectivity index (χ4n) is 5.35. The number of hydrogen-bond donors (Lipinski definition) is 1. The second-order valence-electron chi connectivity index (χ2n) is 11.2. The van der Waals surface area contributed by atoms with Gasteiger partial charge in [-0.15, -0.1) is 0 Å². The summed E-state index contributed by atoms with van der Waals surface area (Å²) in [7, 11) is 1.23. The number of methoxy groups -OCH3 is 1. The minimum Gasteiger partial charge on any atom is -0.467 e. The Morgan fingerprint density at radius 3 is 2.24 bits per heavy atom. The fourth-order valence-corrected chi connectivity index (χ4v) is 5.35. The number of nitriles is 1. The first kappa shape index (κ1) is 34.2. The van der Waals surface area contributed by atoms with Gasteiger partial charge in [-0.1, -0.05) is 60.2 Å². The average molecular weight is 666 g/mol. The van der Waals surface area contributed by atoms with Gasteiger partial charge in [0.15, 0.2) is 6.04 Å². The van der Waals surface area contributed by atoms with Crippen LogP contribution < -0.4 is 15.6 Å². The molecule has 0 bridgehead atoms. The van der Waals surface area contributed by atoms with Crippen LogP contribution in [0.25, 0.3) is 11.3 Å². The predicted octanol–water partition coefficient (Wildman–Crippen LogP) is 7.51. The minimum absolute atomic E-state index is 0.0277. The lowest BCUT2D eigenvalue weighted by molar-refractivity contribution is -0.143. The van der Waals surface area contributed by atoms with Crippen LogP contribution in [-0.4, -0.2) is 23.6 Å². The highest BCUT2D eigenvalue weighted by Gasteiger charge is 2.36. The van der Waals surface area contributed by atoms with Crippen molar-refractivity contribution < 1.29 is 32.2 Å². The van der Waals surface area contributed by atoms with E-state index in [4.69, 9.17) is 9.47 Å². The number of rotatable bonds is 9. The summed E-state index contributed by atoms with van der Waals surface area (Å²) in [6.07, 6.45) is -4.93. The molecule has 0 saturated heterocycles. The standard InChI is InChI=1S/C38H30F3N3O5/c1-23-12-13-28(24(2)18-23)22-44-33(20-32(38(39,40)41)31(21-42)36(44)46)25-14-16-29(17-15-25)49-30-11-7-10-27(19-30)35(45)43-34(37(47)48-3)26-8-5-4-6-9-26/h4-20,34H,22H2,1-3H3,(H,43,45). The number of carbonyl (C=O) groups is 2. The van der Waals surface area contributed by atoms with Gasteiger partial charge in [0, 0.05) is 5.56 Å². The normalized spacial score (nSPS) is 11.7. The molecule has 4 aromatic carbocycles. The molecular weight excluding hydrogens is 635 g/mol. The van der Waals surface area contributed by atoms with E-state index >= 15 is 0 Å². The summed E-state index contributed by atoms with van der Waals surface area (Å²) in [4.78, 5) is 38.9. The van der Waals surface area contributed by atoms with Crippen LogP contribution in [0, 0.1) is 25.2 Å². The van der Waals surface area contributed by atoms with Crippen LogP contribution >= 0.6 is 0 Å². The zero-order valence-electron chi connectivity index (χ0n) is 26.7. The maximum absolute atomic E-state index is 14.0. The number of amides is 1. The predicted molar refractivity (Wildman–Crippen MR) is 176 cm³/mol. The summed E-state index contributed by atoms with van der Waals surface area (Å²) in [5.74, 6) is -0.621. The number of pyridine rings is 1. The zero-order chi connectivity index (χ0) is 35.3. The molecule has 1 heterocycles. The van der Waals surface area contributed by atoms with Gasteiger partial charge in [-0.25, -0.2) is 4.79 Å². The Labute approximate surface area is 280 Å². The summed E-state index contributed by atoms with van der Waals surface area (Å²) in [6.45, 7) is 3.69. The van der Waals surface area contributed by atoms with Crippen LogP contribution in [0.1, 0.15) is 49.8 Å². The number of nitrogens with one attached hydrogen (secondary N) is 1. The summed E-state index contributed by atoms with van der Waals surface area (Å²) in [6, 6.07) is 27.7. The third-order valence-corrected chi connectivity index (χ3v) is 7.87. The van der Waals surface area contributed by atoms with E-state index in [0.29, 0.717) is 16.9 Å². The molecule has 1 N–H and O–H groups in total. The fraction of sp³-hybridized carbons (Fsp3) is 0.158. The number of alkyl halides is 3. The Morgan fingerprint density at radius 2 is 1.61 bits per heavy atom. The molecule has 0 fully saturated rings. The van der Waals surface area contributed by atoms with Gasteiger partial charge in [0.1, 0.15) is 23.1 Å². The average Bonchev–Trinajstić information content (AvgIpc) is 3.09. The molecule has 1 unspecified atom stereocenters. The summed E-state index contributed by atoms with van der Waals surface area (Å²) in [5, 5.41) is 12.2. The molecule has 1 atom stereocenters. The van der Waals surface area contributed by atoms with Crippen LogP contribution in [0.15, 0.2) is 108 Å². The lowest BCUT2D eigenvalue weighted by atomic mass is 10.0. The Kier molecular flexibility index (Phi) is 9.99. The van der Waals surface area contributed by atoms with E-state index in [0.717, 1.165) is 17.2 Å². The van der Waals surface area contributed by atoms with Gasteiger partial charge in [-0.2, -0.15) is 18.4 Å². The van der Waals surface area contributed by atoms with Gasteiger partial charge >= 0.3 is 12.1 Å². The number of aryl methyl sites for hydroxylation is 2. The molecular formula is C38H30F3N3O5. The molecule has 0 radical (unpaired) electrons. The van der Waals surface area contributed by atoms with Gasteiger partial charge < -0.3 is 19.4 Å². The molecule has 5 aromatic rings. The van der Waals surface area contributed by atoms with E-state index in [1.54, 1.807) is 54.6 Å². The van der Waals surface area contributed by atoms with Crippen molar-refractivity contribution in [3.05, 3.63) is 152 Å². The summed E-state index contributed by atoms with van der Waals surface area (Å²) < 4.78 is 54.0. The number of aromatic nitrogens is 1. The van der Waals surface area contributed by atoms with Crippen molar-refractivity contribution in [2.75, 3.05) is 7.11 Å². The van der Waals surface area contributed by atoms with Crippen LogP contribution in [-0.2, 0) is 22.3 Å². The molecule has 0 saturated carbocycles. The van der Waals surface area contributed by atoms with Crippen LogP contribution in [0.2, 0.25) is 0 Å². The van der Waals surface area contributed by atoms with Gasteiger partial charge in [0.2, 0.25) is 0 Å². The molecule has 0 aliphatic heterocycles. The Morgan fingerprint density at radius 1 is 0.898 bits per heavy atom. The van der Waals surface area contributed by atoms with Crippen molar-refractivity contribution >= 4 is 11.9 Å². The smallest absolute Gasteiger partial charge is 0.417 e. The number of hydrogen-bond acceptors (Lipinski definition) is 6. The van der Waals surface area contributed by atoms with Crippen LogP contribution in [0.4, 0.5) is 13.2 Å². The second-order valence-corrected chi connectivity index (χ2v) is 11.2. The number of nitrogens with zero attached hydrogens (tertiary/aromatic N) is 2. The van der Waals surface area contributed by atoms with E-state index in [-0.39, 0.29) is 29.1 Å². The third kappa shape index (κ3) is 7.71. The van der Waals surface area contributed by atoms with E-state index in [1.165, 1.54) is 48.1 Å². The molecule has 0 spiro atoms. The zero-order valence-corrected chi connectivity index (χ0v) is 26.7. The van der Waals surface area contributed by atoms with E-state index < -0.39 is 40.8 Å². The monoisotopic (exact) mass is 665 g/mol. The first-order chi connectivity index (χ1) is 23.4. The minimum atomic E-state index is -4.93. The van der Waals surface area contributed by atoms with E-state index in [1.807, 2.05) is 26.0 Å². The van der Waals surface area contributed by atoms with Gasteiger partial charge in [-0.05, 0) is 84.6 Å². The van der Waals surface area contributed by atoms with E-state index in [2.05, 4.69) is 5.32 Å². The number of carbonyl (C=O) groups excluding carboxylic acids is 2. The lowest BCUT2D eigenvalue weighted by Crippen LogP contribution is -2.34. The van der Waals surface area contributed by atoms with Crippen molar-refractivity contribution in [2.45, 2.75) is 32.6 Å². The summed E-state index contributed by atoms with van der Waals surface area (Å²) >= 11 is 0. The van der Waals surface area contributed by atoms with Crippen molar-refractivity contribution in [3.8, 4) is 28.8 Å². The van der Waals surface area contributed by atoms with Crippen molar-refractivity contribution in [1.29, 1.82) is 5.26 Å². The van der Waals surface area contributed by atoms with Gasteiger partial charge in [0.05, 0.1) is 24.9 Å². The molecule has 1 aromatic heterocycles. The lowest BCUT2D eigenvalue weighted by Gasteiger charge is -2.19. The van der Waals surface area contributed by atoms with Crippen molar-refractivity contribution in [3.63, 3.8) is 0 Å². The van der Waals surface area contributed by atoms with Gasteiger partial charge in [-0.3, -0.25) is 9.59 Å². The van der Waals surface area contributed by atoms with Crippen LogP contribution in [0.3, 0.4) is 0 Å². The number of halogens is 3. The Hall–Kier alpha value is -6.15. The third-order valence-electron chi connectivity index (χ3n) is 7.87. The van der Waals surface area contributed by atoms with Crippen molar-refractivity contribution in [1.82, 2.24) is 9.88 Å². The topological polar surface area (TPSA) is 110 Å². The highest BCUT2D eigenvalue weighted by Crippen LogP contribution is 2.35. The molecule has 0 aliphatic rings. The van der Waals surface area contributed by atoms with Crippen molar-refractivity contribution in [2.24, 2.45) is 0 Å². The summed E-state index contributed by atoms with van der Waals surface area (Å²) in [5.41, 5.74) is 0.191. The highest BCUT2D eigenvalue weighted by atomic mass is 19.4. The maximum Gasteiger partial charge on any atom is 0.417 e. The van der Waals surface area contributed by atoms with Crippen LogP contribution in [0.5, 0.6) is 11.5 Å². The first-order valence-electron chi connectivity index (χ1n) is 15.0. The van der Waals surface area contributed by atoms with E-state index in [9.17, 15) is 32.8 Å². The highest BCUT2D eigenvalue weighted by molar-refractivity contribution is 5.97. The largest absolute Gasteiger partial charge is 0.467 e. The quantitative estimate of drug-likeness (QED) is 0.163. The number of benzene rings is 4. The molecule has 248 valence electrons. The SMILES string of the molecule is COC(=O)C(NC(=O)c1cccc(Oc2ccc(-c3cc(C(F)(F)F)c(C#N)c(=O)n3Cc3ccc(C)cc3C)cc2)c1)c1ccccc1. The Bertz CT molecular complexity index is 2120. The first-order valence-corrected chi connectivity index (χ1v) is 15.0. The Balaban J connectivity index is 1.44. The molecule has 8 nitrogen and oxygen atoms in total.